The number of carbonyl (C=O) groups excluding carboxylic acids is 3. The van der Waals surface area contributed by atoms with Crippen LogP contribution in [-0.2, 0) is 9.59 Å². The van der Waals surface area contributed by atoms with Crippen molar-refractivity contribution >= 4 is 46.2 Å². The molecule has 2 aromatic rings. The molecule has 1 N–H and O–H groups in total. The third-order valence-corrected chi connectivity index (χ3v) is 5.10. The molecular formula is C19H21ClN2O4S. The average molecular weight is 409 g/mol. The predicted octanol–water partition coefficient (Wildman–Crippen LogP) is 3.78. The number of ketones is 1. The minimum Gasteiger partial charge on any atom is -0.495 e. The van der Waals surface area contributed by atoms with Crippen LogP contribution in [0, 0.1) is 6.92 Å². The Kier molecular flexibility index (Phi) is 7.38. The summed E-state index contributed by atoms with van der Waals surface area (Å²) in [6.07, 6.45) is 0.174. The number of amides is 2. The van der Waals surface area contributed by atoms with E-state index < -0.39 is 0 Å². The Hall–Kier alpha value is -2.38. The Morgan fingerprint density at radius 2 is 1.93 bits per heavy atom. The van der Waals surface area contributed by atoms with Crippen LogP contribution in [0.2, 0.25) is 5.02 Å². The highest BCUT2D eigenvalue weighted by Crippen LogP contribution is 2.27. The summed E-state index contributed by atoms with van der Waals surface area (Å²) in [5, 5.41) is 3.13. The van der Waals surface area contributed by atoms with Gasteiger partial charge in [-0.3, -0.25) is 14.4 Å². The maximum atomic E-state index is 12.2. The molecule has 1 aromatic carbocycles. The van der Waals surface area contributed by atoms with E-state index in [1.807, 2.05) is 13.0 Å². The van der Waals surface area contributed by atoms with Gasteiger partial charge in [-0.1, -0.05) is 11.6 Å². The van der Waals surface area contributed by atoms with Crippen LogP contribution in [0.5, 0.6) is 5.75 Å². The van der Waals surface area contributed by atoms with Crippen molar-refractivity contribution in [1.82, 2.24) is 4.90 Å². The number of nitrogens with zero attached hydrogens (tertiary/aromatic N) is 1. The van der Waals surface area contributed by atoms with Crippen LogP contribution in [0.25, 0.3) is 0 Å². The van der Waals surface area contributed by atoms with Crippen LogP contribution in [-0.4, -0.2) is 43.2 Å². The van der Waals surface area contributed by atoms with Gasteiger partial charge in [0.25, 0.3) is 0 Å². The molecule has 0 spiro atoms. The number of hydrogen-bond acceptors (Lipinski definition) is 5. The second-order valence-corrected chi connectivity index (χ2v) is 7.70. The molecule has 1 heterocycles. The van der Waals surface area contributed by atoms with E-state index in [0.29, 0.717) is 21.3 Å². The van der Waals surface area contributed by atoms with Crippen molar-refractivity contribution in [2.75, 3.05) is 26.0 Å². The zero-order valence-electron chi connectivity index (χ0n) is 15.4. The van der Waals surface area contributed by atoms with Crippen LogP contribution >= 0.6 is 22.9 Å². The third-order valence-electron chi connectivity index (χ3n) is 3.82. The van der Waals surface area contributed by atoms with Gasteiger partial charge < -0.3 is 15.0 Å². The number of benzene rings is 1. The summed E-state index contributed by atoms with van der Waals surface area (Å²) in [6, 6.07) is 8.51. The minimum atomic E-state index is -0.383. The summed E-state index contributed by atoms with van der Waals surface area (Å²) in [7, 11) is 3.01. The Morgan fingerprint density at radius 1 is 1.19 bits per heavy atom. The maximum Gasteiger partial charge on any atom is 0.244 e. The number of likely N-dealkylation sites (N-methyl/N-ethyl adjacent to an activating group) is 1. The van der Waals surface area contributed by atoms with Gasteiger partial charge in [0.2, 0.25) is 11.8 Å². The summed E-state index contributed by atoms with van der Waals surface area (Å²) >= 11 is 7.35. The van der Waals surface area contributed by atoms with Crippen molar-refractivity contribution in [3.63, 3.8) is 0 Å². The highest BCUT2D eigenvalue weighted by atomic mass is 35.5. The van der Waals surface area contributed by atoms with Crippen LogP contribution in [0.4, 0.5) is 5.69 Å². The lowest BCUT2D eigenvalue weighted by Crippen LogP contribution is -2.35. The monoisotopic (exact) mass is 408 g/mol. The quantitative estimate of drug-likeness (QED) is 0.674. The van der Waals surface area contributed by atoms with E-state index in [0.717, 1.165) is 4.88 Å². The molecule has 144 valence electrons. The molecule has 6 nitrogen and oxygen atoms in total. The topological polar surface area (TPSA) is 75.7 Å². The molecule has 27 heavy (non-hydrogen) atoms. The lowest BCUT2D eigenvalue weighted by atomic mass is 10.2. The van der Waals surface area contributed by atoms with Gasteiger partial charge >= 0.3 is 0 Å². The molecule has 0 fully saturated rings. The Bertz CT molecular complexity index is 850. The molecule has 0 bridgehead atoms. The number of methoxy groups -OCH3 is 1. The van der Waals surface area contributed by atoms with Gasteiger partial charge in [0, 0.05) is 29.8 Å². The molecule has 0 radical (unpaired) electrons. The zero-order valence-corrected chi connectivity index (χ0v) is 16.9. The van der Waals surface area contributed by atoms with Crippen LogP contribution in [0.3, 0.4) is 0 Å². The Labute approximate surface area is 167 Å². The van der Waals surface area contributed by atoms with E-state index >= 15 is 0 Å². The van der Waals surface area contributed by atoms with E-state index in [2.05, 4.69) is 5.32 Å². The molecule has 0 aliphatic heterocycles. The summed E-state index contributed by atoms with van der Waals surface area (Å²) in [5.74, 6) is -0.252. The average Bonchev–Trinajstić information content (AvgIpc) is 3.06. The molecule has 0 saturated heterocycles. The fourth-order valence-electron chi connectivity index (χ4n) is 2.39. The largest absolute Gasteiger partial charge is 0.495 e. The number of rotatable bonds is 8. The first-order valence-corrected chi connectivity index (χ1v) is 9.46. The van der Waals surface area contributed by atoms with Crippen LogP contribution in [0.1, 0.15) is 27.4 Å². The molecule has 1 aromatic heterocycles. The summed E-state index contributed by atoms with van der Waals surface area (Å²) in [5.41, 5.74) is 0.430. The van der Waals surface area contributed by atoms with Gasteiger partial charge in [-0.15, -0.1) is 11.3 Å². The molecule has 8 heteroatoms. The van der Waals surface area contributed by atoms with Crippen molar-refractivity contribution in [3.05, 3.63) is 45.1 Å². The predicted molar refractivity (Wildman–Crippen MR) is 107 cm³/mol. The Balaban J connectivity index is 1.85. The number of nitrogens with one attached hydrogen (secondary N) is 1. The fourth-order valence-corrected chi connectivity index (χ4v) is 3.40. The first-order valence-electron chi connectivity index (χ1n) is 8.27. The minimum absolute atomic E-state index is 0.0556. The van der Waals surface area contributed by atoms with Crippen LogP contribution in [0.15, 0.2) is 30.3 Å². The van der Waals surface area contributed by atoms with Crippen molar-refractivity contribution in [3.8, 4) is 5.75 Å². The molecule has 0 atom stereocenters. The van der Waals surface area contributed by atoms with E-state index in [9.17, 15) is 14.4 Å². The highest BCUT2D eigenvalue weighted by Gasteiger charge is 2.17. The number of Topliss-reactive ketones (excluding diaryl/α,β-unsaturated/α-hetero) is 1. The second-order valence-electron chi connectivity index (χ2n) is 5.98. The third kappa shape index (κ3) is 6.08. The van der Waals surface area contributed by atoms with Gasteiger partial charge in [-0.25, -0.2) is 0 Å². The second kappa shape index (κ2) is 9.53. The molecule has 0 saturated carbocycles. The number of carbonyl (C=O) groups is 3. The SMILES string of the molecule is COc1ccc(Cl)cc1NC(=O)CN(C)C(=O)CCC(=O)c1ccc(C)s1. The van der Waals surface area contributed by atoms with E-state index in [1.165, 1.54) is 30.4 Å². The molecular weight excluding hydrogens is 388 g/mol. The fraction of sp³-hybridized carbons (Fsp3) is 0.316. The van der Waals surface area contributed by atoms with Crippen molar-refractivity contribution < 1.29 is 19.1 Å². The van der Waals surface area contributed by atoms with Gasteiger partial charge in [0.1, 0.15) is 5.75 Å². The molecule has 0 aliphatic carbocycles. The van der Waals surface area contributed by atoms with E-state index in [-0.39, 0.29) is 37.0 Å². The van der Waals surface area contributed by atoms with Crippen molar-refractivity contribution in [2.45, 2.75) is 19.8 Å². The number of thiophene rings is 1. The smallest absolute Gasteiger partial charge is 0.244 e. The number of ether oxygens (including phenoxy) is 1. The normalized spacial score (nSPS) is 10.4. The standard InChI is InChI=1S/C19H21ClN2O4S/c1-12-4-8-17(27-12)15(23)6-9-19(25)22(2)11-18(24)21-14-10-13(20)5-7-16(14)26-3/h4-5,7-8,10H,6,9,11H2,1-3H3,(H,21,24). The maximum absolute atomic E-state index is 12.2. The van der Waals surface area contributed by atoms with Crippen molar-refractivity contribution in [2.24, 2.45) is 0 Å². The molecule has 2 amide bonds. The van der Waals surface area contributed by atoms with Crippen molar-refractivity contribution in [1.29, 1.82) is 0 Å². The highest BCUT2D eigenvalue weighted by molar-refractivity contribution is 7.14. The first-order chi connectivity index (χ1) is 12.8. The molecule has 0 aliphatic rings. The number of hydrogen-bond donors (Lipinski definition) is 1. The zero-order chi connectivity index (χ0) is 20.0. The first kappa shape index (κ1) is 20.9. The number of halogens is 1. The van der Waals surface area contributed by atoms with E-state index in [1.54, 1.807) is 24.3 Å². The van der Waals surface area contributed by atoms with Gasteiger partial charge in [-0.2, -0.15) is 0 Å². The molecule has 0 unspecified atom stereocenters. The van der Waals surface area contributed by atoms with Gasteiger partial charge in [0.05, 0.1) is 24.2 Å². The number of anilines is 1. The van der Waals surface area contributed by atoms with Crippen LogP contribution < -0.4 is 10.1 Å². The summed E-state index contributed by atoms with van der Waals surface area (Å²) in [6.45, 7) is 1.79. The molecule has 2 rings (SSSR count). The lowest BCUT2D eigenvalue weighted by Gasteiger charge is -2.17. The van der Waals surface area contributed by atoms with Gasteiger partial charge in [-0.05, 0) is 37.3 Å². The summed E-state index contributed by atoms with van der Waals surface area (Å²) in [4.78, 5) is 39.5. The van der Waals surface area contributed by atoms with E-state index in [4.69, 9.17) is 16.3 Å². The summed E-state index contributed by atoms with van der Waals surface area (Å²) < 4.78 is 5.17. The lowest BCUT2D eigenvalue weighted by molar-refractivity contribution is -0.133. The number of aryl methyl sites for hydroxylation is 1. The van der Waals surface area contributed by atoms with Gasteiger partial charge in [0.15, 0.2) is 5.78 Å². The Morgan fingerprint density at radius 3 is 2.56 bits per heavy atom.